The largest absolute Gasteiger partial charge is 0.273 e. The van der Waals surface area contributed by atoms with Gasteiger partial charge in [-0.15, -0.1) is 0 Å². The molecular formula is C9H17N3O2S. The molecular weight excluding hydrogens is 214 g/mol. The van der Waals surface area contributed by atoms with Gasteiger partial charge in [0.1, 0.15) is 0 Å². The number of aromatic nitrogens is 2. The minimum Gasteiger partial charge on any atom is -0.273 e. The van der Waals surface area contributed by atoms with Crippen LogP contribution in [0.3, 0.4) is 0 Å². The average molecular weight is 231 g/mol. The number of rotatable bonds is 5. The van der Waals surface area contributed by atoms with E-state index in [1.165, 1.54) is 6.26 Å². The van der Waals surface area contributed by atoms with E-state index in [1.54, 1.807) is 10.9 Å². The molecule has 1 aromatic heterocycles. The molecule has 15 heavy (non-hydrogen) atoms. The third-order valence-corrected chi connectivity index (χ3v) is 2.86. The van der Waals surface area contributed by atoms with E-state index in [4.69, 9.17) is 0 Å². The molecule has 1 heterocycles. The van der Waals surface area contributed by atoms with E-state index in [2.05, 4.69) is 9.82 Å². The molecule has 0 aliphatic heterocycles. The Morgan fingerprint density at radius 1 is 1.53 bits per heavy atom. The molecule has 0 bridgehead atoms. The normalized spacial score (nSPS) is 14.1. The van der Waals surface area contributed by atoms with Crippen molar-refractivity contribution in [3.8, 4) is 0 Å². The average Bonchev–Trinajstić information content (AvgIpc) is 2.60. The van der Waals surface area contributed by atoms with E-state index in [0.29, 0.717) is 6.42 Å². The summed E-state index contributed by atoms with van der Waals surface area (Å²) >= 11 is 0. The van der Waals surface area contributed by atoms with Gasteiger partial charge in [0.25, 0.3) is 0 Å². The van der Waals surface area contributed by atoms with E-state index < -0.39 is 10.0 Å². The molecule has 5 nitrogen and oxygen atoms in total. The lowest BCUT2D eigenvalue weighted by Gasteiger charge is -2.13. The van der Waals surface area contributed by atoms with Crippen molar-refractivity contribution < 1.29 is 8.42 Å². The van der Waals surface area contributed by atoms with Crippen LogP contribution in [0.15, 0.2) is 12.4 Å². The highest BCUT2D eigenvalue weighted by molar-refractivity contribution is 7.88. The predicted octanol–water partition coefficient (Wildman–Crippen LogP) is 0.903. The molecule has 1 atom stereocenters. The van der Waals surface area contributed by atoms with Crippen molar-refractivity contribution >= 4 is 10.0 Å². The summed E-state index contributed by atoms with van der Waals surface area (Å²) < 4.78 is 26.6. The topological polar surface area (TPSA) is 64.0 Å². The first-order chi connectivity index (χ1) is 6.96. The van der Waals surface area contributed by atoms with Gasteiger partial charge in [0.15, 0.2) is 0 Å². The van der Waals surface area contributed by atoms with Gasteiger partial charge in [-0.1, -0.05) is 6.92 Å². The Balaban J connectivity index is 2.83. The van der Waals surface area contributed by atoms with Crippen LogP contribution in [0, 0.1) is 0 Å². The Kier molecular flexibility index (Phi) is 3.87. The summed E-state index contributed by atoms with van der Waals surface area (Å²) in [5.41, 5.74) is 0.907. The highest BCUT2D eigenvalue weighted by Crippen LogP contribution is 2.16. The van der Waals surface area contributed by atoms with Gasteiger partial charge in [0.05, 0.1) is 12.5 Å². The molecule has 86 valence electrons. The van der Waals surface area contributed by atoms with Crippen LogP contribution in [0.2, 0.25) is 0 Å². The monoisotopic (exact) mass is 231 g/mol. The maximum absolute atomic E-state index is 11.1. The van der Waals surface area contributed by atoms with Crippen molar-refractivity contribution in [3.63, 3.8) is 0 Å². The molecule has 0 amide bonds. The van der Waals surface area contributed by atoms with Gasteiger partial charge in [-0.25, -0.2) is 13.1 Å². The summed E-state index contributed by atoms with van der Waals surface area (Å²) in [6.45, 7) is 4.71. The van der Waals surface area contributed by atoms with Crippen LogP contribution in [0.1, 0.15) is 31.9 Å². The van der Waals surface area contributed by atoms with E-state index in [1.807, 2.05) is 20.0 Å². The van der Waals surface area contributed by atoms with Crippen molar-refractivity contribution in [2.45, 2.75) is 32.9 Å². The fraction of sp³-hybridized carbons (Fsp3) is 0.667. The molecule has 0 saturated carbocycles. The molecule has 1 N–H and O–H groups in total. The second kappa shape index (κ2) is 4.76. The fourth-order valence-corrected chi connectivity index (χ4v) is 2.20. The third-order valence-electron chi connectivity index (χ3n) is 2.14. The number of sulfonamides is 1. The van der Waals surface area contributed by atoms with Gasteiger partial charge in [-0.2, -0.15) is 5.10 Å². The third kappa shape index (κ3) is 3.64. The van der Waals surface area contributed by atoms with E-state index in [0.717, 1.165) is 12.1 Å². The zero-order valence-corrected chi connectivity index (χ0v) is 10.1. The van der Waals surface area contributed by atoms with Crippen molar-refractivity contribution in [3.05, 3.63) is 18.0 Å². The van der Waals surface area contributed by atoms with Gasteiger partial charge in [0, 0.05) is 24.3 Å². The van der Waals surface area contributed by atoms with Crippen molar-refractivity contribution in [1.82, 2.24) is 14.5 Å². The minimum absolute atomic E-state index is 0.180. The highest BCUT2D eigenvalue weighted by Gasteiger charge is 2.15. The lowest BCUT2D eigenvalue weighted by Crippen LogP contribution is -2.26. The second-order valence-electron chi connectivity index (χ2n) is 3.48. The molecule has 0 saturated heterocycles. The molecule has 1 aromatic rings. The van der Waals surface area contributed by atoms with E-state index in [-0.39, 0.29) is 6.04 Å². The van der Waals surface area contributed by atoms with Crippen LogP contribution >= 0.6 is 0 Å². The standard InChI is InChI=1S/C9H17N3O2S/c1-4-9(11-15(3,13)14)8-6-10-12(5-2)7-8/h6-7,9,11H,4-5H2,1-3H3/t9-/m0/s1. The van der Waals surface area contributed by atoms with Crippen LogP contribution in [-0.4, -0.2) is 24.5 Å². The molecule has 0 fully saturated rings. The lowest BCUT2D eigenvalue weighted by molar-refractivity contribution is 0.555. The summed E-state index contributed by atoms with van der Waals surface area (Å²) in [5, 5.41) is 4.12. The zero-order valence-electron chi connectivity index (χ0n) is 9.27. The fourth-order valence-electron chi connectivity index (χ4n) is 1.38. The SMILES string of the molecule is CC[C@H](NS(C)(=O)=O)c1cnn(CC)c1. The summed E-state index contributed by atoms with van der Waals surface area (Å²) in [4.78, 5) is 0. The molecule has 6 heteroatoms. The number of nitrogens with zero attached hydrogens (tertiary/aromatic N) is 2. The quantitative estimate of drug-likeness (QED) is 0.819. The van der Waals surface area contributed by atoms with Crippen LogP contribution in [0.25, 0.3) is 0 Å². The molecule has 0 unspecified atom stereocenters. The van der Waals surface area contributed by atoms with Crippen molar-refractivity contribution in [2.75, 3.05) is 6.26 Å². The van der Waals surface area contributed by atoms with Gasteiger partial charge >= 0.3 is 0 Å². The van der Waals surface area contributed by atoms with Gasteiger partial charge in [0.2, 0.25) is 10.0 Å². The second-order valence-corrected chi connectivity index (χ2v) is 5.26. The summed E-state index contributed by atoms with van der Waals surface area (Å²) in [6, 6.07) is -0.180. The maximum atomic E-state index is 11.1. The Hall–Kier alpha value is -0.880. The smallest absolute Gasteiger partial charge is 0.209 e. The molecule has 0 spiro atoms. The predicted molar refractivity (Wildman–Crippen MR) is 58.9 cm³/mol. The minimum atomic E-state index is -3.17. The summed E-state index contributed by atoms with van der Waals surface area (Å²) in [7, 11) is -3.17. The zero-order chi connectivity index (χ0) is 11.5. The van der Waals surface area contributed by atoms with Gasteiger partial charge in [-0.05, 0) is 13.3 Å². The van der Waals surface area contributed by atoms with Gasteiger partial charge in [-0.3, -0.25) is 4.68 Å². The highest BCUT2D eigenvalue weighted by atomic mass is 32.2. The number of hydrogen-bond donors (Lipinski definition) is 1. The molecule has 1 rings (SSSR count). The Bertz CT molecular complexity index is 411. The van der Waals surface area contributed by atoms with E-state index >= 15 is 0 Å². The van der Waals surface area contributed by atoms with Crippen LogP contribution in [-0.2, 0) is 16.6 Å². The molecule has 0 aliphatic carbocycles. The first-order valence-corrected chi connectivity index (χ1v) is 6.85. The molecule has 0 aromatic carbocycles. The molecule has 0 radical (unpaired) electrons. The number of nitrogens with one attached hydrogen (secondary N) is 1. The Morgan fingerprint density at radius 3 is 2.60 bits per heavy atom. The summed E-state index contributed by atoms with van der Waals surface area (Å²) in [6.07, 6.45) is 5.45. The Morgan fingerprint density at radius 2 is 2.20 bits per heavy atom. The number of hydrogen-bond acceptors (Lipinski definition) is 3. The van der Waals surface area contributed by atoms with Gasteiger partial charge < -0.3 is 0 Å². The van der Waals surface area contributed by atoms with Crippen molar-refractivity contribution in [1.29, 1.82) is 0 Å². The summed E-state index contributed by atoms with van der Waals surface area (Å²) in [5.74, 6) is 0. The first kappa shape index (κ1) is 12.2. The van der Waals surface area contributed by atoms with Crippen LogP contribution in [0.5, 0.6) is 0 Å². The number of aryl methyl sites for hydroxylation is 1. The van der Waals surface area contributed by atoms with Crippen LogP contribution < -0.4 is 4.72 Å². The maximum Gasteiger partial charge on any atom is 0.209 e. The molecule has 0 aliphatic rings. The van der Waals surface area contributed by atoms with E-state index in [9.17, 15) is 8.42 Å². The lowest BCUT2D eigenvalue weighted by atomic mass is 10.1. The Labute approximate surface area is 90.5 Å². The first-order valence-electron chi connectivity index (χ1n) is 4.96. The van der Waals surface area contributed by atoms with Crippen molar-refractivity contribution in [2.24, 2.45) is 0 Å². The van der Waals surface area contributed by atoms with Crippen LogP contribution in [0.4, 0.5) is 0 Å².